The van der Waals surface area contributed by atoms with Crippen LogP contribution in [0.5, 0.6) is 5.75 Å². The lowest BCUT2D eigenvalue weighted by Gasteiger charge is -2.38. The van der Waals surface area contributed by atoms with E-state index in [0.717, 1.165) is 29.2 Å². The van der Waals surface area contributed by atoms with Crippen LogP contribution in [0.1, 0.15) is 19.8 Å². The van der Waals surface area contributed by atoms with Gasteiger partial charge in [0, 0.05) is 19.0 Å². The largest absolute Gasteiger partial charge is 0.497 e. The normalized spacial score (nSPS) is 29.1. The summed E-state index contributed by atoms with van der Waals surface area (Å²) in [5, 5.41) is 3.33. The number of allylic oxidation sites excluding steroid dienone is 3. The molecular weight excluding hydrogens is 238 g/mol. The summed E-state index contributed by atoms with van der Waals surface area (Å²) in [6.07, 6.45) is 6.70. The zero-order valence-electron chi connectivity index (χ0n) is 12.3. The van der Waals surface area contributed by atoms with Crippen molar-refractivity contribution in [2.24, 2.45) is 0 Å². The highest BCUT2D eigenvalue weighted by molar-refractivity contribution is 5.62. The fourth-order valence-corrected chi connectivity index (χ4v) is 2.78. The summed E-state index contributed by atoms with van der Waals surface area (Å²) in [6, 6.07) is 6.02. The van der Waals surface area contributed by atoms with Crippen LogP contribution in [0.3, 0.4) is 0 Å². The smallest absolute Gasteiger partial charge is 0.119 e. The molecule has 100 valence electrons. The summed E-state index contributed by atoms with van der Waals surface area (Å²) in [7, 11) is 3.34. The Morgan fingerprint density at radius 2 is 2.21 bits per heavy atom. The minimum Gasteiger partial charge on any atom is -0.497 e. The van der Waals surface area contributed by atoms with Gasteiger partial charge in [0.05, 0.1) is 14.2 Å². The Kier molecular flexibility index (Phi) is 2.68. The molecule has 0 radical (unpaired) electrons. The van der Waals surface area contributed by atoms with Gasteiger partial charge in [0.1, 0.15) is 11.5 Å². The highest BCUT2D eigenvalue weighted by Crippen LogP contribution is 2.44. The fraction of sp³-hybridized carbons (Fsp3) is 0.375. The quantitative estimate of drug-likeness (QED) is 0.883. The van der Waals surface area contributed by atoms with Gasteiger partial charge in [0.2, 0.25) is 0 Å². The first-order valence-electron chi connectivity index (χ1n) is 7.05. The molecule has 2 atom stereocenters. The molecule has 0 saturated carbocycles. The molecule has 0 aromatic heterocycles. The molecule has 1 heterocycles. The van der Waals surface area contributed by atoms with Gasteiger partial charge >= 0.3 is 0 Å². The molecule has 1 aromatic carbocycles. The molecule has 3 nitrogen and oxygen atoms in total. The number of fused-ring (bicyclic) bond motifs is 2. The van der Waals surface area contributed by atoms with Crippen LogP contribution in [-0.4, -0.2) is 20.8 Å². The van der Waals surface area contributed by atoms with Crippen molar-refractivity contribution in [3.05, 3.63) is 47.7 Å². The average molecular weight is 258 g/mol. The van der Waals surface area contributed by atoms with Crippen LogP contribution in [-0.2, 0) is 10.2 Å². The minimum atomic E-state index is -0.294. The predicted octanol–water partition coefficient (Wildman–Crippen LogP) is 3.24. The molecule has 3 rings (SSSR count). The van der Waals surface area contributed by atoms with Gasteiger partial charge in [-0.1, -0.05) is 6.08 Å². The Balaban J connectivity index is 2.08. The number of rotatable bonds is 2. The number of anilines is 1. The Hall–Kier alpha value is -1.90. The van der Waals surface area contributed by atoms with Crippen molar-refractivity contribution in [1.29, 1.82) is 0 Å². The lowest BCUT2D eigenvalue weighted by atomic mass is 9.70. The maximum absolute atomic E-state index is 8.47. The van der Waals surface area contributed by atoms with Crippen LogP contribution in [0.25, 0.3) is 0 Å². The van der Waals surface area contributed by atoms with Gasteiger partial charge in [-0.3, -0.25) is 0 Å². The van der Waals surface area contributed by atoms with E-state index in [9.17, 15) is 0 Å². The molecule has 3 heteroatoms. The van der Waals surface area contributed by atoms with Crippen LogP contribution < -0.4 is 10.1 Å². The minimum absolute atomic E-state index is 0.229. The number of nitrogens with one attached hydrogen (secondary N) is 1. The molecule has 1 spiro atoms. The van der Waals surface area contributed by atoms with Gasteiger partial charge in [0.15, 0.2) is 0 Å². The molecule has 1 N–H and O–H groups in total. The molecule has 19 heavy (non-hydrogen) atoms. The van der Waals surface area contributed by atoms with Crippen LogP contribution in [0.2, 0.25) is 0 Å². The van der Waals surface area contributed by atoms with E-state index in [-0.39, 0.29) is 11.8 Å². The van der Waals surface area contributed by atoms with Crippen molar-refractivity contribution in [3.63, 3.8) is 0 Å². The van der Waals surface area contributed by atoms with Gasteiger partial charge in [0.25, 0.3) is 0 Å². The maximum Gasteiger partial charge on any atom is 0.119 e. The van der Waals surface area contributed by atoms with E-state index in [1.807, 2.05) is 24.3 Å². The summed E-state index contributed by atoms with van der Waals surface area (Å²) in [5.74, 6) is 1.69. The summed E-state index contributed by atoms with van der Waals surface area (Å²) >= 11 is 0. The first-order chi connectivity index (χ1) is 9.69. The maximum atomic E-state index is 8.47. The number of methoxy groups -OCH3 is 2. The molecule has 0 bridgehead atoms. The highest BCUT2D eigenvalue weighted by Gasteiger charge is 2.35. The van der Waals surface area contributed by atoms with E-state index < -0.39 is 0 Å². The van der Waals surface area contributed by atoms with Crippen molar-refractivity contribution in [1.82, 2.24) is 0 Å². The molecule has 0 fully saturated rings. The third-order valence-corrected chi connectivity index (χ3v) is 3.91. The van der Waals surface area contributed by atoms with E-state index >= 15 is 0 Å². The Labute approximate surface area is 115 Å². The second-order valence-electron chi connectivity index (χ2n) is 4.88. The van der Waals surface area contributed by atoms with Gasteiger partial charge < -0.3 is 14.8 Å². The Bertz CT molecular complexity index is 582. The summed E-state index contributed by atoms with van der Waals surface area (Å²) in [6.45, 7) is 0.653. The monoisotopic (exact) mass is 258 g/mol. The second kappa shape index (κ2) is 4.65. The SMILES string of the molecule is [2H]C1CNc2ccc(OC)cc2[C@]12C=CC(OC)=CC2. The first kappa shape index (κ1) is 11.0. The van der Waals surface area contributed by atoms with Gasteiger partial charge in [-0.25, -0.2) is 0 Å². The lowest BCUT2D eigenvalue weighted by Crippen LogP contribution is -2.33. The van der Waals surface area contributed by atoms with Gasteiger partial charge in [-0.05, 0) is 48.7 Å². The topological polar surface area (TPSA) is 30.5 Å². The van der Waals surface area contributed by atoms with Crippen LogP contribution in [0, 0.1) is 0 Å². The first-order valence-corrected chi connectivity index (χ1v) is 6.47. The molecule has 0 saturated heterocycles. The van der Waals surface area contributed by atoms with E-state index in [2.05, 4.69) is 17.5 Å². The van der Waals surface area contributed by atoms with Gasteiger partial charge in [-0.2, -0.15) is 0 Å². The standard InChI is InChI=1S/C16H19NO2/c1-18-12-5-7-16(8-6-12)9-10-17-15-4-3-13(19-2)11-14(15)16/h3-7,11,17H,8-10H2,1-2H3/t16-/m0/s1/i9D/t9?,16-. The van der Waals surface area contributed by atoms with Crippen LogP contribution in [0.15, 0.2) is 42.2 Å². The molecule has 1 aliphatic carbocycles. The van der Waals surface area contributed by atoms with Crippen molar-refractivity contribution >= 4 is 5.69 Å². The van der Waals surface area contributed by atoms with Crippen molar-refractivity contribution in [2.45, 2.75) is 18.2 Å². The van der Waals surface area contributed by atoms with Crippen molar-refractivity contribution < 1.29 is 10.8 Å². The van der Waals surface area contributed by atoms with E-state index in [1.165, 1.54) is 0 Å². The van der Waals surface area contributed by atoms with Crippen molar-refractivity contribution in [2.75, 3.05) is 26.1 Å². The Morgan fingerprint density at radius 1 is 1.32 bits per heavy atom. The zero-order valence-corrected chi connectivity index (χ0v) is 11.3. The summed E-state index contributed by atoms with van der Waals surface area (Å²) in [4.78, 5) is 0. The number of benzene rings is 1. The zero-order chi connectivity index (χ0) is 14.2. The van der Waals surface area contributed by atoms with E-state index in [0.29, 0.717) is 6.54 Å². The molecule has 1 unspecified atom stereocenters. The third-order valence-electron chi connectivity index (χ3n) is 3.91. The fourth-order valence-electron chi connectivity index (χ4n) is 2.78. The number of hydrogen-bond acceptors (Lipinski definition) is 3. The second-order valence-corrected chi connectivity index (χ2v) is 4.88. The van der Waals surface area contributed by atoms with E-state index in [4.69, 9.17) is 10.8 Å². The predicted molar refractivity (Wildman–Crippen MR) is 76.6 cm³/mol. The molecular formula is C16H19NO2. The summed E-state index contributed by atoms with van der Waals surface area (Å²) in [5.41, 5.74) is 1.93. The highest BCUT2D eigenvalue weighted by atomic mass is 16.5. The number of hydrogen-bond donors (Lipinski definition) is 1. The van der Waals surface area contributed by atoms with Crippen molar-refractivity contribution in [3.8, 4) is 5.75 Å². The van der Waals surface area contributed by atoms with Crippen LogP contribution >= 0.6 is 0 Å². The lowest BCUT2D eigenvalue weighted by molar-refractivity contribution is 0.298. The average Bonchev–Trinajstić information content (AvgIpc) is 2.51. The molecule has 1 aromatic rings. The molecule has 1 aliphatic heterocycles. The van der Waals surface area contributed by atoms with Crippen LogP contribution in [0.4, 0.5) is 5.69 Å². The van der Waals surface area contributed by atoms with Gasteiger partial charge in [-0.15, -0.1) is 0 Å². The third kappa shape index (κ3) is 1.99. The Morgan fingerprint density at radius 3 is 2.89 bits per heavy atom. The van der Waals surface area contributed by atoms with E-state index in [1.54, 1.807) is 14.2 Å². The number of ether oxygens (including phenoxy) is 2. The molecule has 2 aliphatic rings. The molecule has 0 amide bonds. The summed E-state index contributed by atoms with van der Waals surface area (Å²) < 4.78 is 19.1.